The first-order valence-corrected chi connectivity index (χ1v) is 8.57. The monoisotopic (exact) mass is 340 g/mol. The molecule has 0 saturated carbocycles. The van der Waals surface area contributed by atoms with Crippen LogP contribution in [0.15, 0.2) is 12.1 Å². The van der Waals surface area contributed by atoms with E-state index in [0.29, 0.717) is 31.1 Å². The molecule has 1 aromatic carbocycles. The molecule has 128 valence electrons. The first kappa shape index (κ1) is 18.0. The summed E-state index contributed by atoms with van der Waals surface area (Å²) in [6.07, 6.45) is 3.11. The standard InChI is InChI=1S/C17H25ClN2O3/c1-2-22-17(21)15(19)4-3-11-23-16-13-8-10-20-9-7-12(13)5-6-14(16)18/h5-6,15,20H,2-4,7-11,19H2,1H3. The third kappa shape index (κ3) is 5.09. The maximum absolute atomic E-state index is 11.5. The van der Waals surface area contributed by atoms with Crippen LogP contribution < -0.4 is 15.8 Å². The summed E-state index contributed by atoms with van der Waals surface area (Å²) in [6, 6.07) is 3.38. The van der Waals surface area contributed by atoms with E-state index in [1.165, 1.54) is 11.1 Å². The molecular weight excluding hydrogens is 316 g/mol. The maximum atomic E-state index is 11.5. The van der Waals surface area contributed by atoms with Gasteiger partial charge in [0.2, 0.25) is 0 Å². The van der Waals surface area contributed by atoms with Crippen LogP contribution in [-0.2, 0) is 22.4 Å². The molecule has 0 spiro atoms. The van der Waals surface area contributed by atoms with Gasteiger partial charge in [0.15, 0.2) is 0 Å². The molecule has 23 heavy (non-hydrogen) atoms. The Morgan fingerprint density at radius 1 is 1.39 bits per heavy atom. The SMILES string of the molecule is CCOC(=O)C(N)CCCOc1c(Cl)ccc2c1CCNCC2. The molecule has 5 nitrogen and oxygen atoms in total. The van der Waals surface area contributed by atoms with Crippen molar-refractivity contribution in [3.63, 3.8) is 0 Å². The molecule has 0 radical (unpaired) electrons. The van der Waals surface area contributed by atoms with Crippen molar-refractivity contribution in [2.24, 2.45) is 5.73 Å². The van der Waals surface area contributed by atoms with Gasteiger partial charge in [0.05, 0.1) is 18.2 Å². The number of nitrogens with one attached hydrogen (secondary N) is 1. The number of ether oxygens (including phenoxy) is 2. The molecule has 0 saturated heterocycles. The lowest BCUT2D eigenvalue weighted by Gasteiger charge is -2.16. The molecule has 0 amide bonds. The zero-order valence-electron chi connectivity index (χ0n) is 13.6. The van der Waals surface area contributed by atoms with Crippen molar-refractivity contribution in [3.8, 4) is 5.75 Å². The van der Waals surface area contributed by atoms with Crippen LogP contribution in [0.3, 0.4) is 0 Å². The molecule has 1 aliphatic rings. The summed E-state index contributed by atoms with van der Waals surface area (Å²) in [5.41, 5.74) is 8.26. The smallest absolute Gasteiger partial charge is 0.322 e. The second-order valence-electron chi connectivity index (χ2n) is 5.61. The Hall–Kier alpha value is -1.30. The molecule has 1 atom stereocenters. The van der Waals surface area contributed by atoms with Gasteiger partial charge in [-0.25, -0.2) is 0 Å². The Balaban J connectivity index is 1.89. The molecule has 0 aromatic heterocycles. The highest BCUT2D eigenvalue weighted by atomic mass is 35.5. The Bertz CT molecular complexity index is 537. The summed E-state index contributed by atoms with van der Waals surface area (Å²) in [5.74, 6) is 0.419. The zero-order chi connectivity index (χ0) is 16.7. The number of carbonyl (C=O) groups excluding carboxylic acids is 1. The minimum absolute atomic E-state index is 0.350. The number of carbonyl (C=O) groups is 1. The summed E-state index contributed by atoms with van der Waals surface area (Å²) < 4.78 is 10.8. The van der Waals surface area contributed by atoms with Gasteiger partial charge in [0.1, 0.15) is 11.8 Å². The molecule has 0 fully saturated rings. The quantitative estimate of drug-likeness (QED) is 0.587. The number of rotatable bonds is 7. The van der Waals surface area contributed by atoms with Crippen molar-refractivity contribution in [1.29, 1.82) is 0 Å². The van der Waals surface area contributed by atoms with E-state index in [1.807, 2.05) is 6.07 Å². The molecule has 1 aromatic rings. The maximum Gasteiger partial charge on any atom is 0.322 e. The summed E-state index contributed by atoms with van der Waals surface area (Å²) in [5, 5.41) is 4.02. The fourth-order valence-corrected chi connectivity index (χ4v) is 2.94. The van der Waals surface area contributed by atoms with Gasteiger partial charge < -0.3 is 20.5 Å². The third-order valence-corrected chi connectivity index (χ3v) is 4.23. The van der Waals surface area contributed by atoms with Crippen LogP contribution in [-0.4, -0.2) is 38.3 Å². The topological polar surface area (TPSA) is 73.6 Å². The zero-order valence-corrected chi connectivity index (χ0v) is 14.3. The van der Waals surface area contributed by atoms with Crippen LogP contribution in [0.5, 0.6) is 5.75 Å². The first-order chi connectivity index (χ1) is 11.1. The van der Waals surface area contributed by atoms with E-state index in [2.05, 4.69) is 11.4 Å². The summed E-state index contributed by atoms with van der Waals surface area (Å²) in [4.78, 5) is 11.5. The van der Waals surface area contributed by atoms with Crippen molar-refractivity contribution >= 4 is 17.6 Å². The highest BCUT2D eigenvalue weighted by Crippen LogP contribution is 2.33. The normalized spacial score (nSPS) is 15.4. The van der Waals surface area contributed by atoms with Gasteiger partial charge in [-0.3, -0.25) is 4.79 Å². The van der Waals surface area contributed by atoms with Gasteiger partial charge in [-0.05, 0) is 57.3 Å². The molecule has 1 aliphatic heterocycles. The Kier molecular flexibility index (Phi) is 7.15. The van der Waals surface area contributed by atoms with Crippen molar-refractivity contribution in [2.75, 3.05) is 26.3 Å². The molecular formula is C17H25ClN2O3. The van der Waals surface area contributed by atoms with Gasteiger partial charge in [-0.15, -0.1) is 0 Å². The number of nitrogens with two attached hydrogens (primary N) is 1. The van der Waals surface area contributed by atoms with Crippen LogP contribution in [0.25, 0.3) is 0 Å². The minimum atomic E-state index is -0.592. The summed E-state index contributed by atoms with van der Waals surface area (Å²) in [6.45, 7) is 4.51. The fraction of sp³-hybridized carbons (Fsp3) is 0.588. The van der Waals surface area contributed by atoms with Crippen molar-refractivity contribution in [2.45, 2.75) is 38.6 Å². The van der Waals surface area contributed by atoms with Crippen molar-refractivity contribution in [3.05, 3.63) is 28.3 Å². The molecule has 6 heteroatoms. The van der Waals surface area contributed by atoms with E-state index in [4.69, 9.17) is 26.8 Å². The van der Waals surface area contributed by atoms with Gasteiger partial charge in [0, 0.05) is 5.56 Å². The Morgan fingerprint density at radius 3 is 2.96 bits per heavy atom. The van der Waals surface area contributed by atoms with Crippen LogP contribution in [0.1, 0.15) is 30.9 Å². The van der Waals surface area contributed by atoms with E-state index in [1.54, 1.807) is 6.92 Å². The highest BCUT2D eigenvalue weighted by Gasteiger charge is 2.17. The first-order valence-electron chi connectivity index (χ1n) is 8.19. The van der Waals surface area contributed by atoms with Crippen molar-refractivity contribution in [1.82, 2.24) is 5.32 Å². The average molecular weight is 341 g/mol. The highest BCUT2D eigenvalue weighted by molar-refractivity contribution is 6.32. The van der Waals surface area contributed by atoms with Crippen LogP contribution in [0, 0.1) is 0 Å². The Morgan fingerprint density at radius 2 is 2.17 bits per heavy atom. The fourth-order valence-electron chi connectivity index (χ4n) is 2.71. The van der Waals surface area contributed by atoms with Crippen molar-refractivity contribution < 1.29 is 14.3 Å². The molecule has 3 N–H and O–H groups in total. The van der Waals surface area contributed by atoms with Crippen LogP contribution in [0.2, 0.25) is 5.02 Å². The number of esters is 1. The summed E-state index contributed by atoms with van der Waals surface area (Å²) >= 11 is 6.30. The van der Waals surface area contributed by atoms with Gasteiger partial charge >= 0.3 is 5.97 Å². The second-order valence-corrected chi connectivity index (χ2v) is 6.02. The molecule has 1 unspecified atom stereocenters. The predicted molar refractivity (Wildman–Crippen MR) is 91.1 cm³/mol. The van der Waals surface area contributed by atoms with Crippen LogP contribution in [0.4, 0.5) is 0 Å². The van der Waals surface area contributed by atoms with E-state index >= 15 is 0 Å². The Labute approximate surface area is 142 Å². The summed E-state index contributed by atoms with van der Waals surface area (Å²) in [7, 11) is 0. The lowest BCUT2D eigenvalue weighted by Crippen LogP contribution is -2.32. The van der Waals surface area contributed by atoms with E-state index < -0.39 is 6.04 Å². The third-order valence-electron chi connectivity index (χ3n) is 3.93. The second kappa shape index (κ2) is 9.11. The lowest BCUT2D eigenvalue weighted by molar-refractivity contribution is -0.144. The number of hydrogen-bond acceptors (Lipinski definition) is 5. The van der Waals surface area contributed by atoms with E-state index in [-0.39, 0.29) is 5.97 Å². The van der Waals surface area contributed by atoms with E-state index in [0.717, 1.165) is 31.7 Å². The number of halogens is 1. The molecule has 1 heterocycles. The number of fused-ring (bicyclic) bond motifs is 1. The van der Waals surface area contributed by atoms with Gasteiger partial charge in [0.25, 0.3) is 0 Å². The predicted octanol–water partition coefficient (Wildman–Crippen LogP) is 2.08. The lowest BCUT2D eigenvalue weighted by atomic mass is 10.0. The average Bonchev–Trinajstić information content (AvgIpc) is 2.78. The minimum Gasteiger partial charge on any atom is -0.492 e. The molecule has 0 aliphatic carbocycles. The number of benzene rings is 1. The number of hydrogen-bond donors (Lipinski definition) is 2. The van der Waals surface area contributed by atoms with Gasteiger partial charge in [-0.2, -0.15) is 0 Å². The van der Waals surface area contributed by atoms with Gasteiger partial charge in [-0.1, -0.05) is 17.7 Å². The molecule has 0 bridgehead atoms. The molecule has 2 rings (SSSR count). The largest absolute Gasteiger partial charge is 0.492 e. The van der Waals surface area contributed by atoms with Crippen LogP contribution >= 0.6 is 11.6 Å². The van der Waals surface area contributed by atoms with E-state index in [9.17, 15) is 4.79 Å².